The number of benzene rings is 1. The van der Waals surface area contributed by atoms with E-state index in [4.69, 9.17) is 5.73 Å². The third kappa shape index (κ3) is 1.88. The van der Waals surface area contributed by atoms with Crippen LogP contribution in [0.3, 0.4) is 0 Å². The Morgan fingerprint density at radius 1 is 1.12 bits per heavy atom. The molecule has 0 unspecified atom stereocenters. The minimum Gasteiger partial charge on any atom is -0.398 e. The van der Waals surface area contributed by atoms with Crippen molar-refractivity contribution in [1.82, 2.24) is 9.97 Å². The number of aromatic nitrogens is 2. The molecule has 0 atom stereocenters. The van der Waals surface area contributed by atoms with Gasteiger partial charge in [-0.25, -0.2) is 4.79 Å². The number of rotatable bonds is 0. The monoisotopic (exact) mass is 245 g/mol. The molecule has 2 rings (SSSR count). The summed E-state index contributed by atoms with van der Waals surface area (Å²) in [5, 5.41) is -0.102. The molecule has 0 saturated carbocycles. The second kappa shape index (κ2) is 3.37. The summed E-state index contributed by atoms with van der Waals surface area (Å²) in [6.45, 7) is 0. The van der Waals surface area contributed by atoms with Crippen LogP contribution in [-0.2, 0) is 6.18 Å². The number of hydrogen-bond donors (Lipinski definition) is 3. The Balaban J connectivity index is 2.91. The highest BCUT2D eigenvalue weighted by atomic mass is 19.4. The molecule has 90 valence electrons. The molecule has 8 heteroatoms. The molecule has 0 amide bonds. The first-order chi connectivity index (χ1) is 7.79. The predicted molar refractivity (Wildman–Crippen MR) is 54.6 cm³/mol. The minimum absolute atomic E-state index is 0.102. The van der Waals surface area contributed by atoms with Gasteiger partial charge in [0.2, 0.25) is 0 Å². The molecule has 5 nitrogen and oxygen atoms in total. The number of hydrogen-bond acceptors (Lipinski definition) is 3. The van der Waals surface area contributed by atoms with Gasteiger partial charge in [0.05, 0.1) is 16.5 Å². The van der Waals surface area contributed by atoms with Gasteiger partial charge in [0.25, 0.3) is 5.56 Å². The van der Waals surface area contributed by atoms with Crippen molar-refractivity contribution in [2.45, 2.75) is 6.18 Å². The van der Waals surface area contributed by atoms with Crippen molar-refractivity contribution < 1.29 is 13.2 Å². The van der Waals surface area contributed by atoms with Crippen LogP contribution in [0.25, 0.3) is 10.9 Å². The first-order valence-electron chi connectivity index (χ1n) is 4.42. The second-order valence-corrected chi connectivity index (χ2v) is 3.39. The average molecular weight is 245 g/mol. The number of nitrogen functional groups attached to an aromatic ring is 1. The van der Waals surface area contributed by atoms with Crippen LogP contribution < -0.4 is 17.0 Å². The minimum atomic E-state index is -4.64. The third-order valence-corrected chi connectivity index (χ3v) is 2.21. The fourth-order valence-electron chi connectivity index (χ4n) is 1.48. The van der Waals surface area contributed by atoms with E-state index in [1.165, 1.54) is 0 Å². The van der Waals surface area contributed by atoms with Crippen molar-refractivity contribution >= 4 is 16.6 Å². The quantitative estimate of drug-likeness (QED) is 0.600. The van der Waals surface area contributed by atoms with Gasteiger partial charge < -0.3 is 10.7 Å². The van der Waals surface area contributed by atoms with E-state index in [2.05, 4.69) is 4.98 Å². The van der Waals surface area contributed by atoms with Gasteiger partial charge in [-0.15, -0.1) is 0 Å². The molecular formula is C9H6F3N3O2. The highest BCUT2D eigenvalue weighted by Gasteiger charge is 2.33. The average Bonchev–Trinajstić information content (AvgIpc) is 2.16. The van der Waals surface area contributed by atoms with Crippen molar-refractivity contribution in [2.24, 2.45) is 0 Å². The van der Waals surface area contributed by atoms with Gasteiger partial charge in [-0.1, -0.05) is 0 Å². The molecule has 1 aromatic heterocycles. The fraction of sp³-hybridized carbons (Fsp3) is 0.111. The first kappa shape index (κ1) is 11.2. The molecule has 1 aromatic carbocycles. The third-order valence-electron chi connectivity index (χ3n) is 2.21. The second-order valence-electron chi connectivity index (χ2n) is 3.39. The lowest BCUT2D eigenvalue weighted by Gasteiger charge is -2.10. The zero-order valence-corrected chi connectivity index (χ0v) is 8.18. The van der Waals surface area contributed by atoms with E-state index in [0.29, 0.717) is 6.07 Å². The molecule has 1 heterocycles. The van der Waals surface area contributed by atoms with E-state index < -0.39 is 28.7 Å². The summed E-state index contributed by atoms with van der Waals surface area (Å²) in [5.74, 6) is 0. The Morgan fingerprint density at radius 2 is 1.76 bits per heavy atom. The maximum absolute atomic E-state index is 12.5. The van der Waals surface area contributed by atoms with Crippen molar-refractivity contribution in [1.29, 1.82) is 0 Å². The van der Waals surface area contributed by atoms with Crippen molar-refractivity contribution in [3.63, 3.8) is 0 Å². The van der Waals surface area contributed by atoms with Crippen molar-refractivity contribution in [2.75, 3.05) is 5.73 Å². The predicted octanol–water partition coefficient (Wildman–Crippen LogP) is 0.817. The van der Waals surface area contributed by atoms with E-state index in [9.17, 15) is 22.8 Å². The molecule has 0 fully saturated rings. The topological polar surface area (TPSA) is 91.7 Å². The summed E-state index contributed by atoms with van der Waals surface area (Å²) in [7, 11) is 0. The van der Waals surface area contributed by atoms with E-state index in [1.54, 1.807) is 0 Å². The lowest BCUT2D eigenvalue weighted by atomic mass is 10.1. The SMILES string of the molecule is Nc1cc2c(=O)[nH]c(=O)[nH]c2cc1C(F)(F)F. The summed E-state index contributed by atoms with van der Waals surface area (Å²) in [6.07, 6.45) is -4.64. The van der Waals surface area contributed by atoms with Crippen molar-refractivity contribution in [3.05, 3.63) is 38.5 Å². The van der Waals surface area contributed by atoms with E-state index in [-0.39, 0.29) is 10.9 Å². The van der Waals surface area contributed by atoms with Crippen LogP contribution in [0, 0.1) is 0 Å². The number of nitrogens with one attached hydrogen (secondary N) is 2. The number of nitrogens with two attached hydrogens (primary N) is 1. The Bertz CT molecular complexity index is 699. The molecule has 0 aliphatic carbocycles. The van der Waals surface area contributed by atoms with E-state index >= 15 is 0 Å². The summed E-state index contributed by atoms with van der Waals surface area (Å²) in [4.78, 5) is 26.2. The molecule has 0 bridgehead atoms. The number of alkyl halides is 3. The number of fused-ring (bicyclic) bond motifs is 1. The van der Waals surface area contributed by atoms with Gasteiger partial charge in [-0.05, 0) is 12.1 Å². The summed E-state index contributed by atoms with van der Waals surface area (Å²) in [5.41, 5.74) is 1.69. The van der Waals surface area contributed by atoms with Crippen LogP contribution in [0.15, 0.2) is 21.7 Å². The van der Waals surface area contributed by atoms with Gasteiger partial charge in [-0.2, -0.15) is 13.2 Å². The number of halogens is 3. The van der Waals surface area contributed by atoms with Gasteiger partial charge in [0.15, 0.2) is 0 Å². The molecule has 0 spiro atoms. The molecule has 2 aromatic rings. The number of aromatic amines is 2. The molecule has 4 N–H and O–H groups in total. The van der Waals surface area contributed by atoms with Gasteiger partial charge in [-0.3, -0.25) is 9.78 Å². The summed E-state index contributed by atoms with van der Waals surface area (Å²) < 4.78 is 37.6. The molecular weight excluding hydrogens is 239 g/mol. The van der Waals surface area contributed by atoms with Crippen LogP contribution >= 0.6 is 0 Å². The van der Waals surface area contributed by atoms with Crippen LogP contribution in [0.2, 0.25) is 0 Å². The van der Waals surface area contributed by atoms with E-state index in [1.807, 2.05) is 4.98 Å². The van der Waals surface area contributed by atoms with Crippen LogP contribution in [0.4, 0.5) is 18.9 Å². The Labute approximate surface area is 91.1 Å². The van der Waals surface area contributed by atoms with Gasteiger partial charge in [0.1, 0.15) is 0 Å². The maximum atomic E-state index is 12.5. The van der Waals surface area contributed by atoms with Crippen LogP contribution in [-0.4, -0.2) is 9.97 Å². The Kier molecular flexibility index (Phi) is 2.23. The number of anilines is 1. The lowest BCUT2D eigenvalue weighted by molar-refractivity contribution is -0.136. The molecule has 0 radical (unpaired) electrons. The Hall–Kier alpha value is -2.25. The highest BCUT2D eigenvalue weighted by molar-refractivity contribution is 5.82. The molecule has 0 aliphatic heterocycles. The maximum Gasteiger partial charge on any atom is 0.418 e. The summed E-state index contributed by atoms with van der Waals surface area (Å²) >= 11 is 0. The summed E-state index contributed by atoms with van der Waals surface area (Å²) in [6, 6.07) is 1.52. The normalized spacial score (nSPS) is 11.9. The molecule has 17 heavy (non-hydrogen) atoms. The van der Waals surface area contributed by atoms with Gasteiger partial charge >= 0.3 is 11.9 Å². The standard InChI is InChI=1S/C9H6F3N3O2/c10-9(11,12)4-2-6-3(1-5(4)13)7(16)15-8(17)14-6/h1-2H,13H2,(H2,14,15,16,17). The fourth-order valence-corrected chi connectivity index (χ4v) is 1.48. The van der Waals surface area contributed by atoms with E-state index in [0.717, 1.165) is 6.07 Å². The number of H-pyrrole nitrogens is 2. The highest BCUT2D eigenvalue weighted by Crippen LogP contribution is 2.34. The Morgan fingerprint density at radius 3 is 2.35 bits per heavy atom. The smallest absolute Gasteiger partial charge is 0.398 e. The zero-order valence-electron chi connectivity index (χ0n) is 8.18. The van der Waals surface area contributed by atoms with Crippen LogP contribution in [0.1, 0.15) is 5.56 Å². The zero-order chi connectivity index (χ0) is 12.8. The lowest BCUT2D eigenvalue weighted by Crippen LogP contribution is -2.22. The molecule has 0 aliphatic rings. The molecule has 0 saturated heterocycles. The van der Waals surface area contributed by atoms with Gasteiger partial charge in [0, 0.05) is 5.69 Å². The van der Waals surface area contributed by atoms with Crippen molar-refractivity contribution in [3.8, 4) is 0 Å². The first-order valence-corrected chi connectivity index (χ1v) is 4.42. The van der Waals surface area contributed by atoms with Crippen LogP contribution in [0.5, 0.6) is 0 Å². The largest absolute Gasteiger partial charge is 0.418 e.